The Hall–Kier alpha value is -1.06. The Morgan fingerprint density at radius 1 is 1.26 bits per heavy atom. The van der Waals surface area contributed by atoms with Gasteiger partial charge in [0.05, 0.1) is 22.8 Å². The Bertz CT molecular complexity index is 506. The van der Waals surface area contributed by atoms with E-state index in [0.717, 1.165) is 0 Å². The van der Waals surface area contributed by atoms with Crippen molar-refractivity contribution in [3.8, 4) is 6.07 Å². The van der Waals surface area contributed by atoms with Crippen LogP contribution in [0.3, 0.4) is 0 Å². The van der Waals surface area contributed by atoms with E-state index >= 15 is 0 Å². The molecule has 0 aliphatic rings. The van der Waals surface area contributed by atoms with Gasteiger partial charge < -0.3 is 14.8 Å². The predicted octanol–water partition coefficient (Wildman–Crippen LogP) is 1.47. The molecule has 0 saturated heterocycles. The van der Waals surface area contributed by atoms with Gasteiger partial charge in [-0.1, -0.05) is 11.6 Å². The van der Waals surface area contributed by atoms with Crippen molar-refractivity contribution in [1.29, 1.82) is 5.26 Å². The van der Waals surface area contributed by atoms with Crippen LogP contribution in [-0.4, -0.2) is 28.5 Å². The van der Waals surface area contributed by atoms with E-state index in [2.05, 4.69) is 0 Å². The number of halogens is 1. The molecule has 102 valence electrons. The van der Waals surface area contributed by atoms with Crippen LogP contribution in [-0.2, 0) is 4.65 Å². The van der Waals surface area contributed by atoms with Crippen molar-refractivity contribution in [2.24, 2.45) is 0 Å². The van der Waals surface area contributed by atoms with Gasteiger partial charge in [-0.05, 0) is 51.4 Å². The minimum Gasteiger partial charge on any atom is -0.423 e. The second-order valence-corrected chi connectivity index (χ2v) is 5.86. The third-order valence-corrected chi connectivity index (χ3v) is 3.43. The van der Waals surface area contributed by atoms with Gasteiger partial charge in [-0.2, -0.15) is 5.26 Å². The van der Waals surface area contributed by atoms with Gasteiger partial charge in [-0.3, -0.25) is 0 Å². The molecule has 1 aromatic rings. The van der Waals surface area contributed by atoms with E-state index < -0.39 is 18.3 Å². The van der Waals surface area contributed by atoms with Gasteiger partial charge in [0.25, 0.3) is 0 Å². The highest BCUT2D eigenvalue weighted by Gasteiger charge is 2.39. The summed E-state index contributed by atoms with van der Waals surface area (Å²) in [5.74, 6) is 0. The van der Waals surface area contributed by atoms with Gasteiger partial charge in [0, 0.05) is 5.02 Å². The Morgan fingerprint density at radius 2 is 1.84 bits per heavy atom. The number of aliphatic hydroxyl groups is 1. The predicted molar refractivity (Wildman–Crippen MR) is 75.2 cm³/mol. The van der Waals surface area contributed by atoms with Crippen molar-refractivity contribution in [1.82, 2.24) is 0 Å². The summed E-state index contributed by atoms with van der Waals surface area (Å²) in [5.41, 5.74) is -1.39. The lowest BCUT2D eigenvalue weighted by Gasteiger charge is -2.38. The standard InChI is InChI=1S/C13H17BClNO3/c1-12(2,17)13(3,4)19-14(18)10-5-9(8-16)6-11(15)7-10/h5-7,17-18H,1-4H3. The molecule has 19 heavy (non-hydrogen) atoms. The molecule has 0 heterocycles. The molecule has 1 aromatic carbocycles. The molecule has 0 saturated carbocycles. The van der Waals surface area contributed by atoms with Gasteiger partial charge in [-0.15, -0.1) is 0 Å². The molecule has 1 rings (SSSR count). The Kier molecular flexibility index (Phi) is 4.65. The SMILES string of the molecule is CC(C)(O)C(C)(C)OB(O)c1cc(Cl)cc(C#N)c1. The van der Waals surface area contributed by atoms with Crippen molar-refractivity contribution in [2.75, 3.05) is 0 Å². The first kappa shape index (κ1) is 16.0. The first-order chi connectivity index (χ1) is 8.56. The molecule has 0 aliphatic carbocycles. The van der Waals surface area contributed by atoms with Crippen LogP contribution in [0.25, 0.3) is 0 Å². The van der Waals surface area contributed by atoms with Crippen LogP contribution in [0.4, 0.5) is 0 Å². The fourth-order valence-corrected chi connectivity index (χ4v) is 1.55. The average Bonchev–Trinajstić information content (AvgIpc) is 2.25. The quantitative estimate of drug-likeness (QED) is 0.820. The summed E-state index contributed by atoms with van der Waals surface area (Å²) in [6, 6.07) is 6.47. The van der Waals surface area contributed by atoms with Gasteiger partial charge in [-0.25, -0.2) is 0 Å². The summed E-state index contributed by atoms with van der Waals surface area (Å²) in [5, 5.41) is 29.2. The molecule has 0 aliphatic heterocycles. The molecular weight excluding hydrogens is 264 g/mol. The number of hydrogen-bond donors (Lipinski definition) is 2. The monoisotopic (exact) mass is 281 g/mol. The van der Waals surface area contributed by atoms with Crippen LogP contribution in [0.5, 0.6) is 0 Å². The summed E-state index contributed by atoms with van der Waals surface area (Å²) < 4.78 is 5.48. The molecule has 0 spiro atoms. The number of hydrogen-bond acceptors (Lipinski definition) is 4. The molecule has 0 amide bonds. The van der Waals surface area contributed by atoms with E-state index in [1.54, 1.807) is 27.7 Å². The normalized spacial score (nSPS) is 12.1. The smallest absolute Gasteiger partial charge is 0.423 e. The zero-order valence-electron chi connectivity index (χ0n) is 11.4. The van der Waals surface area contributed by atoms with Crippen molar-refractivity contribution < 1.29 is 14.8 Å². The fourth-order valence-electron chi connectivity index (χ4n) is 1.31. The largest absolute Gasteiger partial charge is 0.491 e. The van der Waals surface area contributed by atoms with E-state index in [9.17, 15) is 10.1 Å². The molecule has 6 heteroatoms. The first-order valence-corrected chi connectivity index (χ1v) is 6.23. The Morgan fingerprint density at radius 3 is 2.32 bits per heavy atom. The molecule has 4 nitrogen and oxygen atoms in total. The average molecular weight is 282 g/mol. The lowest BCUT2D eigenvalue weighted by molar-refractivity contribution is -0.0982. The Labute approximate surface area is 118 Å². The van der Waals surface area contributed by atoms with Crippen LogP contribution in [0, 0.1) is 11.3 Å². The maximum Gasteiger partial charge on any atom is 0.491 e. The highest BCUT2D eigenvalue weighted by Crippen LogP contribution is 2.25. The second-order valence-electron chi connectivity index (χ2n) is 5.42. The molecule has 0 fully saturated rings. The van der Waals surface area contributed by atoms with Crippen molar-refractivity contribution in [3.05, 3.63) is 28.8 Å². The van der Waals surface area contributed by atoms with Crippen molar-refractivity contribution in [2.45, 2.75) is 38.9 Å². The summed E-state index contributed by atoms with van der Waals surface area (Å²) in [7, 11) is -1.27. The van der Waals surface area contributed by atoms with Gasteiger partial charge >= 0.3 is 7.12 Å². The highest BCUT2D eigenvalue weighted by atomic mass is 35.5. The van der Waals surface area contributed by atoms with Crippen molar-refractivity contribution in [3.63, 3.8) is 0 Å². The lowest BCUT2D eigenvalue weighted by Crippen LogP contribution is -2.53. The number of benzene rings is 1. The van der Waals surface area contributed by atoms with Crippen LogP contribution in [0.1, 0.15) is 33.3 Å². The fraction of sp³-hybridized carbons (Fsp3) is 0.462. The molecule has 0 bridgehead atoms. The van der Waals surface area contributed by atoms with Gasteiger partial charge in [0.15, 0.2) is 0 Å². The van der Waals surface area contributed by atoms with Crippen molar-refractivity contribution >= 4 is 24.2 Å². The third kappa shape index (κ3) is 3.95. The highest BCUT2D eigenvalue weighted by molar-refractivity contribution is 6.60. The van der Waals surface area contributed by atoms with Crippen LogP contribution in [0.2, 0.25) is 5.02 Å². The topological polar surface area (TPSA) is 73.5 Å². The van der Waals surface area contributed by atoms with Gasteiger partial charge in [0.1, 0.15) is 0 Å². The van der Waals surface area contributed by atoms with E-state index in [1.165, 1.54) is 18.2 Å². The zero-order chi connectivity index (χ0) is 14.8. The Balaban J connectivity index is 2.99. The number of rotatable bonds is 4. The van der Waals surface area contributed by atoms with Crippen LogP contribution >= 0.6 is 11.6 Å². The summed E-state index contributed by atoms with van der Waals surface area (Å²) in [6.45, 7) is 6.54. The maximum absolute atomic E-state index is 10.1. The summed E-state index contributed by atoms with van der Waals surface area (Å²) in [4.78, 5) is 0. The summed E-state index contributed by atoms with van der Waals surface area (Å²) in [6.07, 6.45) is 0. The lowest BCUT2D eigenvalue weighted by atomic mass is 9.76. The van der Waals surface area contributed by atoms with E-state index in [0.29, 0.717) is 16.0 Å². The maximum atomic E-state index is 10.1. The molecule has 0 aromatic heterocycles. The third-order valence-electron chi connectivity index (χ3n) is 3.21. The van der Waals surface area contributed by atoms with E-state index in [-0.39, 0.29) is 0 Å². The van der Waals surface area contributed by atoms with Crippen LogP contribution in [0.15, 0.2) is 18.2 Å². The molecule has 0 unspecified atom stereocenters. The minimum atomic E-state index is -1.27. The molecule has 2 N–H and O–H groups in total. The zero-order valence-corrected chi connectivity index (χ0v) is 12.2. The van der Waals surface area contributed by atoms with E-state index in [4.69, 9.17) is 21.5 Å². The molecular formula is C13H17BClNO3. The van der Waals surface area contributed by atoms with Crippen LogP contribution < -0.4 is 5.46 Å². The molecule has 0 radical (unpaired) electrons. The first-order valence-electron chi connectivity index (χ1n) is 5.85. The second kappa shape index (κ2) is 5.52. The van der Waals surface area contributed by atoms with E-state index in [1.807, 2.05) is 6.07 Å². The summed E-state index contributed by atoms with van der Waals surface area (Å²) >= 11 is 5.87. The number of nitrogens with zero attached hydrogens (tertiary/aromatic N) is 1. The van der Waals surface area contributed by atoms with Gasteiger partial charge in [0.2, 0.25) is 0 Å². The number of nitriles is 1. The molecule has 0 atom stereocenters. The minimum absolute atomic E-state index is 0.339.